The van der Waals surface area contributed by atoms with Crippen molar-refractivity contribution >= 4 is 21.9 Å². The smallest absolute Gasteiger partial charge is 0.305 e. The average Bonchev–Trinajstić information content (AvgIpc) is 2.45. The van der Waals surface area contributed by atoms with Crippen molar-refractivity contribution in [2.45, 2.75) is 77.0 Å². The fourth-order valence-corrected chi connectivity index (χ4v) is 2.47. The second-order valence-electron chi connectivity index (χ2n) is 5.27. The zero-order valence-corrected chi connectivity index (χ0v) is 14.5. The van der Waals surface area contributed by atoms with Gasteiger partial charge in [-0.25, -0.2) is 0 Å². The van der Waals surface area contributed by atoms with Crippen LogP contribution in [0.3, 0.4) is 0 Å². The first kappa shape index (κ1) is 19.7. The Hall–Kier alpha value is -0.310. The third-order valence-electron chi connectivity index (χ3n) is 3.33. The molecule has 0 radical (unpaired) electrons. The van der Waals surface area contributed by atoms with E-state index < -0.39 is 0 Å². The van der Waals surface area contributed by atoms with Crippen LogP contribution >= 0.6 is 15.9 Å². The van der Waals surface area contributed by atoms with Crippen molar-refractivity contribution in [2.24, 2.45) is 0 Å². The van der Waals surface area contributed by atoms with Gasteiger partial charge in [-0.2, -0.15) is 0 Å². The fraction of sp³-hybridized carbons (Fsp3) is 0.824. The van der Waals surface area contributed by atoms with E-state index in [-0.39, 0.29) is 5.97 Å². The van der Waals surface area contributed by atoms with Crippen molar-refractivity contribution in [2.75, 3.05) is 11.9 Å². The van der Waals surface area contributed by atoms with E-state index in [0.29, 0.717) is 13.0 Å². The molecule has 0 aromatic rings. The number of alkyl halides is 1. The van der Waals surface area contributed by atoms with Gasteiger partial charge in [0.25, 0.3) is 0 Å². The number of hydrogen-bond acceptors (Lipinski definition) is 2. The lowest BCUT2D eigenvalue weighted by Gasteiger charge is -2.05. The number of hydrogen-bond donors (Lipinski definition) is 0. The van der Waals surface area contributed by atoms with E-state index in [1.807, 2.05) is 6.08 Å². The van der Waals surface area contributed by atoms with Gasteiger partial charge < -0.3 is 4.74 Å². The number of allylic oxidation sites excluding steroid dienone is 1. The Bertz CT molecular complexity index is 229. The molecule has 2 nitrogen and oxygen atoms in total. The Labute approximate surface area is 133 Å². The molecule has 0 fully saturated rings. The van der Waals surface area contributed by atoms with Gasteiger partial charge in [0.1, 0.15) is 0 Å². The molecule has 0 saturated heterocycles. The van der Waals surface area contributed by atoms with E-state index >= 15 is 0 Å². The van der Waals surface area contributed by atoms with Crippen molar-refractivity contribution in [1.29, 1.82) is 0 Å². The minimum absolute atomic E-state index is 0.0241. The summed E-state index contributed by atoms with van der Waals surface area (Å²) in [6, 6.07) is 0. The molecule has 118 valence electrons. The lowest BCUT2D eigenvalue weighted by Crippen LogP contribution is -2.05. The van der Waals surface area contributed by atoms with Crippen LogP contribution in [-0.2, 0) is 9.53 Å². The van der Waals surface area contributed by atoms with Gasteiger partial charge in [-0.1, -0.05) is 60.5 Å². The Morgan fingerprint density at radius 3 is 2.15 bits per heavy atom. The van der Waals surface area contributed by atoms with Crippen LogP contribution in [0, 0.1) is 0 Å². The normalized spacial score (nSPS) is 10.4. The van der Waals surface area contributed by atoms with Gasteiger partial charge in [0.2, 0.25) is 0 Å². The molecule has 0 amide bonds. The third kappa shape index (κ3) is 15.7. The van der Waals surface area contributed by atoms with Crippen LogP contribution < -0.4 is 0 Å². The number of esters is 1. The summed E-state index contributed by atoms with van der Waals surface area (Å²) in [5.74, 6) is -0.0241. The quantitative estimate of drug-likeness (QED) is 0.162. The highest BCUT2D eigenvalue weighted by atomic mass is 79.9. The molecular weight excluding hydrogens is 316 g/mol. The molecule has 0 aliphatic heterocycles. The summed E-state index contributed by atoms with van der Waals surface area (Å²) in [6.07, 6.45) is 15.6. The molecule has 0 aliphatic rings. The van der Waals surface area contributed by atoms with Crippen molar-refractivity contribution in [3.63, 3.8) is 0 Å². The highest BCUT2D eigenvalue weighted by Crippen LogP contribution is 2.09. The van der Waals surface area contributed by atoms with Crippen LogP contribution in [0.5, 0.6) is 0 Å². The molecule has 20 heavy (non-hydrogen) atoms. The summed E-state index contributed by atoms with van der Waals surface area (Å²) in [4.78, 5) is 11.4. The topological polar surface area (TPSA) is 26.3 Å². The van der Waals surface area contributed by atoms with E-state index in [9.17, 15) is 4.79 Å². The number of unbranched alkanes of at least 4 members (excludes halogenated alkanes) is 9. The summed E-state index contributed by atoms with van der Waals surface area (Å²) in [7, 11) is 0. The highest BCUT2D eigenvalue weighted by Gasteiger charge is 2.01. The number of ether oxygens (including phenoxy) is 1. The molecule has 0 heterocycles. The zero-order chi connectivity index (χ0) is 14.9. The number of halogens is 1. The van der Waals surface area contributed by atoms with Crippen LogP contribution in [0.1, 0.15) is 77.0 Å². The van der Waals surface area contributed by atoms with Crippen molar-refractivity contribution in [3.8, 4) is 0 Å². The maximum absolute atomic E-state index is 11.4. The Kier molecular flexibility index (Phi) is 16.5. The molecule has 3 heteroatoms. The molecule has 0 aromatic heterocycles. The molecule has 0 atom stereocenters. The van der Waals surface area contributed by atoms with Gasteiger partial charge in [-0.15, -0.1) is 6.58 Å². The number of carbonyl (C=O) groups excluding carboxylic acids is 1. The standard InChI is InChI=1S/C17H31BrO2/c1-2-3-4-5-6-7-8-9-13-16-20-17(19)14-11-10-12-15-18/h2H,1,3-16H2. The molecule has 0 saturated carbocycles. The summed E-state index contributed by atoms with van der Waals surface area (Å²) in [5.41, 5.74) is 0. The Morgan fingerprint density at radius 1 is 0.900 bits per heavy atom. The van der Waals surface area contributed by atoms with Gasteiger partial charge in [0, 0.05) is 11.8 Å². The first-order valence-electron chi connectivity index (χ1n) is 8.13. The predicted molar refractivity (Wildman–Crippen MR) is 90.4 cm³/mol. The molecule has 0 bridgehead atoms. The SMILES string of the molecule is C=CCCCCCCCCCOC(=O)CCCCCBr. The zero-order valence-electron chi connectivity index (χ0n) is 12.9. The third-order valence-corrected chi connectivity index (χ3v) is 3.89. The monoisotopic (exact) mass is 346 g/mol. The Balaban J connectivity index is 3.11. The molecule has 0 aromatic carbocycles. The van der Waals surface area contributed by atoms with Gasteiger partial charge in [-0.3, -0.25) is 4.79 Å². The molecule has 0 spiro atoms. The van der Waals surface area contributed by atoms with Crippen LogP contribution in [-0.4, -0.2) is 17.9 Å². The molecular formula is C17H31BrO2. The van der Waals surface area contributed by atoms with Gasteiger partial charge in [0.05, 0.1) is 6.61 Å². The van der Waals surface area contributed by atoms with E-state index in [2.05, 4.69) is 22.5 Å². The molecule has 0 N–H and O–H groups in total. The maximum atomic E-state index is 11.4. The van der Waals surface area contributed by atoms with Crippen LogP contribution in [0.15, 0.2) is 12.7 Å². The largest absolute Gasteiger partial charge is 0.466 e. The average molecular weight is 347 g/mol. The summed E-state index contributed by atoms with van der Waals surface area (Å²) < 4.78 is 5.22. The van der Waals surface area contributed by atoms with Crippen molar-refractivity contribution in [3.05, 3.63) is 12.7 Å². The van der Waals surface area contributed by atoms with E-state index in [4.69, 9.17) is 4.74 Å². The van der Waals surface area contributed by atoms with Crippen LogP contribution in [0.2, 0.25) is 0 Å². The van der Waals surface area contributed by atoms with Crippen molar-refractivity contribution in [1.82, 2.24) is 0 Å². The minimum atomic E-state index is -0.0241. The lowest BCUT2D eigenvalue weighted by molar-refractivity contribution is -0.143. The van der Waals surface area contributed by atoms with Crippen LogP contribution in [0.4, 0.5) is 0 Å². The van der Waals surface area contributed by atoms with Gasteiger partial charge in [0.15, 0.2) is 0 Å². The first-order valence-corrected chi connectivity index (χ1v) is 9.26. The second-order valence-corrected chi connectivity index (χ2v) is 6.07. The highest BCUT2D eigenvalue weighted by molar-refractivity contribution is 9.09. The molecule has 0 rings (SSSR count). The first-order chi connectivity index (χ1) is 9.81. The van der Waals surface area contributed by atoms with Crippen LogP contribution in [0.25, 0.3) is 0 Å². The minimum Gasteiger partial charge on any atom is -0.466 e. The van der Waals surface area contributed by atoms with Gasteiger partial charge in [-0.05, 0) is 32.1 Å². The lowest BCUT2D eigenvalue weighted by atomic mass is 10.1. The number of carbonyl (C=O) groups is 1. The molecule has 0 unspecified atom stereocenters. The van der Waals surface area contributed by atoms with E-state index in [0.717, 1.165) is 37.4 Å². The Morgan fingerprint density at radius 2 is 1.50 bits per heavy atom. The summed E-state index contributed by atoms with van der Waals surface area (Å²) in [6.45, 7) is 4.33. The second kappa shape index (κ2) is 16.7. The predicted octanol–water partition coefficient (Wildman–Crippen LogP) is 5.79. The summed E-state index contributed by atoms with van der Waals surface area (Å²) in [5, 5.41) is 1.02. The fourth-order valence-electron chi connectivity index (χ4n) is 2.07. The maximum Gasteiger partial charge on any atom is 0.305 e. The number of rotatable bonds is 15. The van der Waals surface area contributed by atoms with Crippen molar-refractivity contribution < 1.29 is 9.53 Å². The molecule has 0 aliphatic carbocycles. The van der Waals surface area contributed by atoms with E-state index in [1.165, 1.54) is 38.5 Å². The van der Waals surface area contributed by atoms with E-state index in [1.54, 1.807) is 0 Å². The summed E-state index contributed by atoms with van der Waals surface area (Å²) >= 11 is 3.39. The van der Waals surface area contributed by atoms with Gasteiger partial charge >= 0.3 is 5.97 Å².